The molecule has 0 atom stereocenters. The number of phenolic OH excluding ortho intramolecular Hbond substituents is 2. The lowest BCUT2D eigenvalue weighted by Gasteiger charge is -2.19. The molecule has 0 saturated carbocycles. The predicted molar refractivity (Wildman–Crippen MR) is 101 cm³/mol. The molecule has 2 amide bonds. The summed E-state index contributed by atoms with van der Waals surface area (Å²) in [4.78, 5) is 24.1. The molecule has 28 heavy (non-hydrogen) atoms. The zero-order valence-electron chi connectivity index (χ0n) is 15.1. The van der Waals surface area contributed by atoms with E-state index in [0.29, 0.717) is 36.1 Å². The summed E-state index contributed by atoms with van der Waals surface area (Å²) in [5.41, 5.74) is 3.36. The Kier molecular flexibility index (Phi) is 5.64. The highest BCUT2D eigenvalue weighted by Gasteiger charge is 2.13. The van der Waals surface area contributed by atoms with Crippen LogP contribution in [0.3, 0.4) is 0 Å². The molecule has 1 heterocycles. The number of hydrogen-bond donors (Lipinski definition) is 4. The van der Waals surface area contributed by atoms with Gasteiger partial charge in [0, 0.05) is 23.0 Å². The number of anilines is 1. The number of aromatic hydroxyl groups is 2. The zero-order chi connectivity index (χ0) is 20.1. The molecule has 0 fully saturated rings. The number of rotatable bonds is 5. The summed E-state index contributed by atoms with van der Waals surface area (Å²) in [6, 6.07) is 8.75. The van der Waals surface area contributed by atoms with Crippen LogP contribution in [0.4, 0.5) is 5.69 Å². The van der Waals surface area contributed by atoms with Gasteiger partial charge in [0.15, 0.2) is 23.0 Å². The molecule has 2 aromatic carbocycles. The molecule has 0 aromatic heterocycles. The number of nitrogens with one attached hydrogen (secondary N) is 2. The topological polar surface area (TPSA) is 129 Å². The summed E-state index contributed by atoms with van der Waals surface area (Å²) in [6.07, 6.45) is -0.0322. The van der Waals surface area contributed by atoms with E-state index < -0.39 is 11.7 Å². The van der Waals surface area contributed by atoms with Crippen LogP contribution in [-0.4, -0.2) is 41.0 Å². The van der Waals surface area contributed by atoms with Crippen LogP contribution >= 0.6 is 0 Å². The van der Waals surface area contributed by atoms with Crippen LogP contribution in [0.5, 0.6) is 23.0 Å². The van der Waals surface area contributed by atoms with Gasteiger partial charge in [-0.15, -0.1) is 0 Å². The van der Waals surface area contributed by atoms with Gasteiger partial charge in [-0.25, -0.2) is 5.43 Å². The standard InChI is InChI=1S/C19H19N3O6/c1-11(21-22-19(26)12-2-4-14(23)15(24)9-12)8-18(25)20-13-3-5-16-17(10-13)28-7-6-27-16/h2-5,9-10,23-24H,6-8H2,1H3,(H,20,25)(H,22,26). The number of carbonyl (C=O) groups is 2. The minimum atomic E-state index is -0.582. The maximum absolute atomic E-state index is 12.2. The molecule has 0 bridgehead atoms. The second kappa shape index (κ2) is 8.30. The lowest BCUT2D eigenvalue weighted by Crippen LogP contribution is -2.21. The van der Waals surface area contributed by atoms with Crippen molar-refractivity contribution >= 4 is 23.2 Å². The zero-order valence-corrected chi connectivity index (χ0v) is 15.1. The number of hydrazone groups is 1. The summed E-state index contributed by atoms with van der Waals surface area (Å²) in [5.74, 6) is -0.431. The predicted octanol–water partition coefficient (Wildman–Crippen LogP) is 2.00. The maximum Gasteiger partial charge on any atom is 0.271 e. The molecule has 0 unspecified atom stereocenters. The third kappa shape index (κ3) is 4.70. The van der Waals surface area contributed by atoms with Crippen molar-refractivity contribution in [3.63, 3.8) is 0 Å². The molecule has 1 aliphatic heterocycles. The Bertz CT molecular complexity index is 941. The quantitative estimate of drug-likeness (QED) is 0.354. The Morgan fingerprint density at radius 3 is 2.54 bits per heavy atom. The fraction of sp³-hybridized carbons (Fsp3) is 0.211. The maximum atomic E-state index is 12.2. The van der Waals surface area contributed by atoms with Crippen molar-refractivity contribution in [3.05, 3.63) is 42.0 Å². The van der Waals surface area contributed by atoms with E-state index in [-0.39, 0.29) is 23.6 Å². The number of hydrogen-bond acceptors (Lipinski definition) is 7. The highest BCUT2D eigenvalue weighted by Crippen LogP contribution is 2.32. The molecule has 4 N–H and O–H groups in total. The summed E-state index contributed by atoms with van der Waals surface area (Å²) >= 11 is 0. The van der Waals surface area contributed by atoms with Gasteiger partial charge in [-0.05, 0) is 37.3 Å². The average molecular weight is 385 g/mol. The van der Waals surface area contributed by atoms with Crippen molar-refractivity contribution < 1.29 is 29.3 Å². The molecule has 9 nitrogen and oxygen atoms in total. The lowest BCUT2D eigenvalue weighted by molar-refractivity contribution is -0.115. The van der Waals surface area contributed by atoms with Crippen LogP contribution in [0.2, 0.25) is 0 Å². The number of phenols is 2. The Morgan fingerprint density at radius 2 is 1.79 bits per heavy atom. The highest BCUT2D eigenvalue weighted by molar-refractivity contribution is 6.06. The Labute approximate surface area is 160 Å². The second-order valence-electron chi connectivity index (χ2n) is 6.07. The third-order valence-electron chi connectivity index (χ3n) is 3.83. The molecular weight excluding hydrogens is 366 g/mol. The molecule has 0 aliphatic carbocycles. The molecule has 3 rings (SSSR count). The fourth-order valence-electron chi connectivity index (χ4n) is 2.47. The third-order valence-corrected chi connectivity index (χ3v) is 3.83. The van der Waals surface area contributed by atoms with E-state index in [2.05, 4.69) is 15.8 Å². The van der Waals surface area contributed by atoms with Crippen molar-refractivity contribution in [2.24, 2.45) is 5.10 Å². The van der Waals surface area contributed by atoms with E-state index >= 15 is 0 Å². The van der Waals surface area contributed by atoms with Crippen LogP contribution in [0, 0.1) is 0 Å². The first-order chi connectivity index (χ1) is 13.4. The van der Waals surface area contributed by atoms with Gasteiger partial charge in [-0.2, -0.15) is 5.10 Å². The van der Waals surface area contributed by atoms with Crippen LogP contribution in [0.1, 0.15) is 23.7 Å². The molecule has 0 saturated heterocycles. The molecule has 146 valence electrons. The summed E-state index contributed by atoms with van der Waals surface area (Å²) in [5, 5.41) is 25.3. The summed E-state index contributed by atoms with van der Waals surface area (Å²) in [7, 11) is 0. The normalized spacial score (nSPS) is 13.0. The van der Waals surface area contributed by atoms with Gasteiger partial charge in [0.25, 0.3) is 5.91 Å². The van der Waals surface area contributed by atoms with E-state index in [1.807, 2.05) is 0 Å². The molecule has 0 radical (unpaired) electrons. The molecule has 2 aromatic rings. The number of nitrogens with zero attached hydrogens (tertiary/aromatic N) is 1. The van der Waals surface area contributed by atoms with E-state index in [9.17, 15) is 19.8 Å². The van der Waals surface area contributed by atoms with E-state index in [4.69, 9.17) is 9.47 Å². The first kappa shape index (κ1) is 19.0. The second-order valence-corrected chi connectivity index (χ2v) is 6.07. The first-order valence-corrected chi connectivity index (χ1v) is 8.47. The Hall–Kier alpha value is -3.75. The van der Waals surface area contributed by atoms with Gasteiger partial charge in [0.1, 0.15) is 13.2 Å². The van der Waals surface area contributed by atoms with Gasteiger partial charge < -0.3 is 25.0 Å². The monoisotopic (exact) mass is 385 g/mol. The highest BCUT2D eigenvalue weighted by atomic mass is 16.6. The van der Waals surface area contributed by atoms with Crippen molar-refractivity contribution in [3.8, 4) is 23.0 Å². The number of fused-ring (bicyclic) bond motifs is 1. The average Bonchev–Trinajstić information content (AvgIpc) is 2.68. The van der Waals surface area contributed by atoms with Gasteiger partial charge in [0.2, 0.25) is 5.91 Å². The smallest absolute Gasteiger partial charge is 0.271 e. The molecule has 1 aliphatic rings. The largest absolute Gasteiger partial charge is 0.504 e. The van der Waals surface area contributed by atoms with Gasteiger partial charge in [-0.1, -0.05) is 0 Å². The van der Waals surface area contributed by atoms with Crippen molar-refractivity contribution in [2.45, 2.75) is 13.3 Å². The molecule has 9 heteroatoms. The number of carbonyl (C=O) groups excluding carboxylic acids is 2. The van der Waals surface area contributed by atoms with Gasteiger partial charge >= 0.3 is 0 Å². The minimum Gasteiger partial charge on any atom is -0.504 e. The van der Waals surface area contributed by atoms with E-state index in [1.54, 1.807) is 25.1 Å². The fourth-order valence-corrected chi connectivity index (χ4v) is 2.47. The first-order valence-electron chi connectivity index (χ1n) is 8.47. The van der Waals surface area contributed by atoms with E-state index in [1.165, 1.54) is 12.1 Å². The van der Waals surface area contributed by atoms with Crippen molar-refractivity contribution in [1.82, 2.24) is 5.43 Å². The van der Waals surface area contributed by atoms with Crippen LogP contribution in [0.25, 0.3) is 0 Å². The number of ether oxygens (including phenoxy) is 2. The summed E-state index contributed by atoms with van der Waals surface area (Å²) in [6.45, 7) is 2.54. The SMILES string of the molecule is CC(CC(=O)Nc1ccc2c(c1)OCCO2)=NNC(=O)c1ccc(O)c(O)c1. The molecular formula is C19H19N3O6. The Balaban J connectivity index is 1.54. The minimum absolute atomic E-state index is 0.0322. The molecule has 0 spiro atoms. The number of amides is 2. The van der Waals surface area contributed by atoms with Crippen LogP contribution < -0.4 is 20.2 Å². The number of benzene rings is 2. The van der Waals surface area contributed by atoms with Crippen molar-refractivity contribution in [2.75, 3.05) is 18.5 Å². The van der Waals surface area contributed by atoms with Crippen molar-refractivity contribution in [1.29, 1.82) is 0 Å². The summed E-state index contributed by atoms with van der Waals surface area (Å²) < 4.78 is 10.9. The van der Waals surface area contributed by atoms with Crippen LogP contribution in [0.15, 0.2) is 41.5 Å². The Morgan fingerprint density at radius 1 is 1.04 bits per heavy atom. The van der Waals surface area contributed by atoms with Crippen LogP contribution in [-0.2, 0) is 4.79 Å². The lowest BCUT2D eigenvalue weighted by atomic mass is 10.2. The van der Waals surface area contributed by atoms with Gasteiger partial charge in [0.05, 0.1) is 6.42 Å². The van der Waals surface area contributed by atoms with Gasteiger partial charge in [-0.3, -0.25) is 9.59 Å². The van der Waals surface area contributed by atoms with E-state index in [0.717, 1.165) is 6.07 Å².